The molecule has 3 aromatic rings. The van der Waals surface area contributed by atoms with Crippen molar-refractivity contribution in [2.45, 2.75) is 20.0 Å². The lowest BCUT2D eigenvalue weighted by atomic mass is 10.1. The van der Waals surface area contributed by atoms with Crippen LogP contribution in [0.4, 0.5) is 10.1 Å². The highest BCUT2D eigenvalue weighted by Gasteiger charge is 2.14. The van der Waals surface area contributed by atoms with E-state index in [1.807, 2.05) is 13.0 Å². The molecule has 2 amide bonds. The topological polar surface area (TPSA) is 113 Å². The van der Waals surface area contributed by atoms with Gasteiger partial charge in [-0.2, -0.15) is 10.4 Å². The van der Waals surface area contributed by atoms with Gasteiger partial charge in [0, 0.05) is 5.69 Å². The maximum Gasteiger partial charge on any atom is 0.329 e. The first-order valence-electron chi connectivity index (χ1n) is 10.8. The SMILES string of the molecule is CCOc1cc(C=NNC(=O)C(=O)Nc2ccc(CC#N)cc2)cc(Br)c1OCc1ccc(F)cc1. The molecule has 36 heavy (non-hydrogen) atoms. The Kier molecular flexibility index (Phi) is 9.54. The predicted octanol–water partition coefficient (Wildman–Crippen LogP) is 4.72. The Hall–Kier alpha value is -4.23. The second-order valence-corrected chi connectivity index (χ2v) is 8.22. The standard InChI is InChI=1S/C26H22BrFN4O4/c1-2-35-23-14-19(13-22(27)24(23)36-16-18-3-7-20(28)8-4-18)15-30-32-26(34)25(33)31-21-9-5-17(6-10-21)11-12-29/h3-10,13-15H,2,11,16H2,1H3,(H,31,33)(H,32,34). The van der Waals surface area contributed by atoms with Crippen molar-refractivity contribution >= 4 is 39.6 Å². The van der Waals surface area contributed by atoms with E-state index in [0.29, 0.717) is 33.8 Å². The quantitative estimate of drug-likeness (QED) is 0.226. The third-order valence-corrected chi connectivity index (χ3v) is 5.30. The Morgan fingerprint density at radius 1 is 1.06 bits per heavy atom. The number of benzene rings is 3. The molecule has 2 N–H and O–H groups in total. The minimum absolute atomic E-state index is 0.207. The first kappa shape index (κ1) is 26.4. The van der Waals surface area contributed by atoms with Crippen LogP contribution in [0, 0.1) is 17.1 Å². The Morgan fingerprint density at radius 2 is 1.75 bits per heavy atom. The van der Waals surface area contributed by atoms with Crippen molar-refractivity contribution in [3.8, 4) is 17.6 Å². The van der Waals surface area contributed by atoms with Gasteiger partial charge in [0.05, 0.1) is 29.8 Å². The summed E-state index contributed by atoms with van der Waals surface area (Å²) in [6.07, 6.45) is 1.62. The third-order valence-electron chi connectivity index (χ3n) is 4.71. The zero-order valence-electron chi connectivity index (χ0n) is 19.3. The Labute approximate surface area is 215 Å². The molecule has 3 aromatic carbocycles. The summed E-state index contributed by atoms with van der Waals surface area (Å²) in [5.41, 5.74) is 4.76. The number of hydrazone groups is 1. The van der Waals surface area contributed by atoms with Crippen LogP contribution < -0.4 is 20.2 Å². The number of hydrogen-bond acceptors (Lipinski definition) is 6. The first-order valence-corrected chi connectivity index (χ1v) is 11.6. The smallest absolute Gasteiger partial charge is 0.329 e. The van der Waals surface area contributed by atoms with E-state index in [1.165, 1.54) is 18.3 Å². The molecule has 0 aromatic heterocycles. The van der Waals surface area contributed by atoms with Crippen LogP contribution in [0.15, 0.2) is 70.2 Å². The summed E-state index contributed by atoms with van der Waals surface area (Å²) in [5, 5.41) is 15.0. The molecule has 0 atom stereocenters. The van der Waals surface area contributed by atoms with Gasteiger partial charge < -0.3 is 14.8 Å². The van der Waals surface area contributed by atoms with Crippen LogP contribution in [0.5, 0.6) is 11.5 Å². The lowest BCUT2D eigenvalue weighted by molar-refractivity contribution is -0.136. The van der Waals surface area contributed by atoms with Gasteiger partial charge in [-0.3, -0.25) is 9.59 Å². The number of nitrogens with one attached hydrogen (secondary N) is 2. The van der Waals surface area contributed by atoms with E-state index in [9.17, 15) is 14.0 Å². The number of amides is 2. The number of ether oxygens (including phenoxy) is 2. The van der Waals surface area contributed by atoms with Gasteiger partial charge in [-0.25, -0.2) is 9.82 Å². The number of halogens is 2. The molecule has 0 fully saturated rings. The molecule has 0 aliphatic heterocycles. The molecular formula is C26H22BrFN4O4. The third kappa shape index (κ3) is 7.65. The van der Waals surface area contributed by atoms with E-state index in [2.05, 4.69) is 31.8 Å². The fraction of sp³-hybridized carbons (Fsp3) is 0.154. The molecule has 0 saturated heterocycles. The Bertz CT molecular complexity index is 1290. The van der Waals surface area contributed by atoms with Gasteiger partial charge in [0.2, 0.25) is 0 Å². The lowest BCUT2D eigenvalue weighted by Crippen LogP contribution is -2.32. The minimum Gasteiger partial charge on any atom is -0.490 e. The number of carbonyl (C=O) groups excluding carboxylic acids is 2. The van der Waals surface area contributed by atoms with Crippen molar-refractivity contribution in [1.82, 2.24) is 5.43 Å². The maximum atomic E-state index is 13.1. The minimum atomic E-state index is -0.948. The summed E-state index contributed by atoms with van der Waals surface area (Å²) in [6, 6.07) is 18.0. The van der Waals surface area contributed by atoms with Crippen molar-refractivity contribution in [2.75, 3.05) is 11.9 Å². The molecule has 0 saturated carbocycles. The maximum absolute atomic E-state index is 13.1. The average molecular weight is 553 g/mol. The fourth-order valence-electron chi connectivity index (χ4n) is 3.00. The summed E-state index contributed by atoms with van der Waals surface area (Å²) in [7, 11) is 0. The van der Waals surface area contributed by atoms with Gasteiger partial charge in [0.15, 0.2) is 11.5 Å². The summed E-state index contributed by atoms with van der Waals surface area (Å²) < 4.78 is 25.3. The van der Waals surface area contributed by atoms with Gasteiger partial charge >= 0.3 is 11.8 Å². The second-order valence-electron chi connectivity index (χ2n) is 7.36. The zero-order chi connectivity index (χ0) is 25.9. The van der Waals surface area contributed by atoms with Gasteiger partial charge in [-0.15, -0.1) is 0 Å². The number of hydrogen-bond donors (Lipinski definition) is 2. The Morgan fingerprint density at radius 3 is 2.42 bits per heavy atom. The number of anilines is 1. The number of carbonyl (C=O) groups is 2. The number of rotatable bonds is 9. The molecule has 8 nitrogen and oxygen atoms in total. The molecule has 0 aliphatic carbocycles. The molecule has 0 spiro atoms. The molecule has 0 radical (unpaired) electrons. The lowest BCUT2D eigenvalue weighted by Gasteiger charge is -2.14. The highest BCUT2D eigenvalue weighted by Crippen LogP contribution is 2.37. The highest BCUT2D eigenvalue weighted by molar-refractivity contribution is 9.10. The van der Waals surface area contributed by atoms with Gasteiger partial charge in [-0.1, -0.05) is 24.3 Å². The second kappa shape index (κ2) is 13.0. The summed E-state index contributed by atoms with van der Waals surface area (Å²) >= 11 is 3.45. The van der Waals surface area contributed by atoms with Crippen LogP contribution in [-0.2, 0) is 22.6 Å². The van der Waals surface area contributed by atoms with Crippen LogP contribution in [0.3, 0.4) is 0 Å². The number of nitriles is 1. The molecule has 0 unspecified atom stereocenters. The Balaban J connectivity index is 1.61. The van der Waals surface area contributed by atoms with Crippen LogP contribution in [0.1, 0.15) is 23.6 Å². The van der Waals surface area contributed by atoms with Crippen LogP contribution >= 0.6 is 15.9 Å². The average Bonchev–Trinajstić information content (AvgIpc) is 2.86. The van der Waals surface area contributed by atoms with Crippen molar-refractivity contribution in [3.05, 3.63) is 87.6 Å². The van der Waals surface area contributed by atoms with Crippen molar-refractivity contribution in [3.63, 3.8) is 0 Å². The first-order chi connectivity index (χ1) is 17.4. The van der Waals surface area contributed by atoms with E-state index >= 15 is 0 Å². The summed E-state index contributed by atoms with van der Waals surface area (Å²) in [6.45, 7) is 2.42. The molecule has 10 heteroatoms. The van der Waals surface area contributed by atoms with E-state index in [-0.39, 0.29) is 18.8 Å². The van der Waals surface area contributed by atoms with Gasteiger partial charge in [-0.05, 0) is 75.9 Å². The fourth-order valence-corrected chi connectivity index (χ4v) is 3.58. The van der Waals surface area contributed by atoms with Crippen molar-refractivity contribution in [1.29, 1.82) is 5.26 Å². The molecule has 0 heterocycles. The van der Waals surface area contributed by atoms with Crippen LogP contribution in [0.25, 0.3) is 0 Å². The largest absolute Gasteiger partial charge is 0.490 e. The van der Waals surface area contributed by atoms with Crippen molar-refractivity contribution in [2.24, 2.45) is 5.10 Å². The highest BCUT2D eigenvalue weighted by atomic mass is 79.9. The monoisotopic (exact) mass is 552 g/mol. The normalized spacial score (nSPS) is 10.5. The van der Waals surface area contributed by atoms with Crippen molar-refractivity contribution < 1.29 is 23.5 Å². The van der Waals surface area contributed by atoms with Crippen LogP contribution in [-0.4, -0.2) is 24.6 Å². The molecular weight excluding hydrogens is 531 g/mol. The molecule has 184 valence electrons. The van der Waals surface area contributed by atoms with Gasteiger partial charge in [0.25, 0.3) is 0 Å². The van der Waals surface area contributed by atoms with E-state index in [1.54, 1.807) is 48.5 Å². The molecule has 0 bridgehead atoms. The summed E-state index contributed by atoms with van der Waals surface area (Å²) in [5.74, 6) is -1.26. The van der Waals surface area contributed by atoms with E-state index < -0.39 is 11.8 Å². The van der Waals surface area contributed by atoms with Crippen LogP contribution in [0.2, 0.25) is 0 Å². The van der Waals surface area contributed by atoms with E-state index in [4.69, 9.17) is 14.7 Å². The van der Waals surface area contributed by atoms with Gasteiger partial charge in [0.1, 0.15) is 12.4 Å². The zero-order valence-corrected chi connectivity index (χ0v) is 20.8. The molecule has 0 aliphatic rings. The predicted molar refractivity (Wildman–Crippen MR) is 136 cm³/mol. The van der Waals surface area contributed by atoms with E-state index in [0.717, 1.165) is 11.1 Å². The summed E-state index contributed by atoms with van der Waals surface area (Å²) in [4.78, 5) is 24.2. The number of nitrogens with zero attached hydrogens (tertiary/aromatic N) is 2. The molecule has 3 rings (SSSR count).